The first-order valence-electron chi connectivity index (χ1n) is 8.44. The number of ether oxygens (including phenoxy) is 1. The van der Waals surface area contributed by atoms with Crippen LogP contribution in [0, 0.1) is 10.1 Å². The predicted molar refractivity (Wildman–Crippen MR) is 108 cm³/mol. The Bertz CT molecular complexity index is 1220. The Kier molecular flexibility index (Phi) is 6.42. The molecule has 0 atom stereocenters. The molecule has 0 aliphatic heterocycles. The number of hydrogen-bond acceptors (Lipinski definition) is 6. The molecule has 0 radical (unpaired) electrons. The Morgan fingerprint density at radius 1 is 1.12 bits per heavy atom. The van der Waals surface area contributed by atoms with Crippen LogP contribution in [0.1, 0.15) is 15.9 Å². The van der Waals surface area contributed by atoms with Gasteiger partial charge in [-0.2, -0.15) is 13.2 Å². The minimum Gasteiger partial charge on any atom is -0.504 e. The van der Waals surface area contributed by atoms with Crippen LogP contribution >= 0.6 is 23.2 Å². The molecule has 13 heteroatoms. The Hall–Kier alpha value is -3.57. The van der Waals surface area contributed by atoms with E-state index in [1.165, 1.54) is 18.2 Å². The number of anilines is 1. The van der Waals surface area contributed by atoms with Crippen LogP contribution in [0.4, 0.5) is 24.5 Å². The molecule has 0 saturated heterocycles. The van der Waals surface area contributed by atoms with Crippen molar-refractivity contribution in [2.75, 3.05) is 5.32 Å². The average molecular weight is 488 g/mol. The number of phenols is 1. The van der Waals surface area contributed by atoms with Crippen molar-refractivity contribution in [3.63, 3.8) is 0 Å². The summed E-state index contributed by atoms with van der Waals surface area (Å²) in [7, 11) is 0. The van der Waals surface area contributed by atoms with Crippen molar-refractivity contribution < 1.29 is 32.7 Å². The van der Waals surface area contributed by atoms with Crippen LogP contribution < -0.4 is 10.1 Å². The van der Waals surface area contributed by atoms with Crippen LogP contribution in [0.15, 0.2) is 48.7 Å². The first-order valence-corrected chi connectivity index (χ1v) is 9.20. The van der Waals surface area contributed by atoms with E-state index in [2.05, 4.69) is 10.3 Å². The maximum atomic E-state index is 12.7. The van der Waals surface area contributed by atoms with E-state index in [-0.39, 0.29) is 33.6 Å². The summed E-state index contributed by atoms with van der Waals surface area (Å²) in [6.07, 6.45) is -4.12. The highest BCUT2D eigenvalue weighted by Gasteiger charge is 2.32. The number of aromatic hydroxyl groups is 1. The quantitative estimate of drug-likeness (QED) is 0.333. The Morgan fingerprint density at radius 3 is 2.44 bits per heavy atom. The van der Waals surface area contributed by atoms with Crippen LogP contribution in [0.3, 0.4) is 0 Å². The molecule has 0 unspecified atom stereocenters. The predicted octanol–water partition coefficient (Wildman–Crippen LogP) is 6.07. The molecule has 1 aromatic heterocycles. The molecule has 0 fully saturated rings. The topological polar surface area (TPSA) is 115 Å². The number of phenolic OH excluding ortho intramolecular Hbond substituents is 1. The monoisotopic (exact) mass is 487 g/mol. The van der Waals surface area contributed by atoms with Gasteiger partial charge in [-0.15, -0.1) is 0 Å². The number of nitro benzene ring substituents is 1. The van der Waals surface area contributed by atoms with Crippen molar-refractivity contribution in [2.45, 2.75) is 6.18 Å². The van der Waals surface area contributed by atoms with Crippen LogP contribution in [0.5, 0.6) is 17.4 Å². The van der Waals surface area contributed by atoms with Gasteiger partial charge in [-0.1, -0.05) is 23.2 Å². The van der Waals surface area contributed by atoms with Crippen LogP contribution in [0.2, 0.25) is 10.0 Å². The third kappa shape index (κ3) is 5.18. The standard InChI is InChI=1S/C19H10Cl2F3N3O5/c20-13-3-2-11(27(30)31)7-12(13)17(29)26-10-1-4-16(15(28)6-10)32-18-14(21)5-9(8-25-18)19(22,23)24/h1-8,28H,(H,26,29). The van der Waals surface area contributed by atoms with Gasteiger partial charge in [-0.3, -0.25) is 14.9 Å². The fourth-order valence-corrected chi connectivity index (χ4v) is 2.85. The van der Waals surface area contributed by atoms with Crippen molar-refractivity contribution in [3.05, 3.63) is 79.9 Å². The first-order chi connectivity index (χ1) is 15.0. The van der Waals surface area contributed by atoms with Gasteiger partial charge in [0.15, 0.2) is 11.5 Å². The van der Waals surface area contributed by atoms with E-state index in [1.807, 2.05) is 0 Å². The molecule has 3 aromatic rings. The van der Waals surface area contributed by atoms with E-state index in [4.69, 9.17) is 27.9 Å². The highest BCUT2D eigenvalue weighted by molar-refractivity contribution is 6.34. The second-order valence-electron chi connectivity index (χ2n) is 6.17. The van der Waals surface area contributed by atoms with Gasteiger partial charge in [-0.25, -0.2) is 4.98 Å². The number of hydrogen-bond donors (Lipinski definition) is 2. The molecule has 2 aromatic carbocycles. The number of nitrogens with zero attached hydrogens (tertiary/aromatic N) is 2. The zero-order valence-electron chi connectivity index (χ0n) is 15.5. The normalized spacial score (nSPS) is 11.2. The molecule has 0 bridgehead atoms. The number of pyridine rings is 1. The van der Waals surface area contributed by atoms with E-state index in [9.17, 15) is 33.2 Å². The third-order valence-corrected chi connectivity index (χ3v) is 4.56. The van der Waals surface area contributed by atoms with E-state index >= 15 is 0 Å². The van der Waals surface area contributed by atoms with Crippen LogP contribution in [-0.2, 0) is 6.18 Å². The van der Waals surface area contributed by atoms with Gasteiger partial charge in [0.25, 0.3) is 11.6 Å². The van der Waals surface area contributed by atoms with Crippen molar-refractivity contribution in [1.82, 2.24) is 4.98 Å². The summed E-state index contributed by atoms with van der Waals surface area (Å²) in [5, 5.41) is 23.0. The van der Waals surface area contributed by atoms with Crippen LogP contribution in [0.25, 0.3) is 0 Å². The number of nitrogens with one attached hydrogen (secondary N) is 1. The summed E-state index contributed by atoms with van der Waals surface area (Å²) in [5.74, 6) is -1.86. The molecule has 32 heavy (non-hydrogen) atoms. The van der Waals surface area contributed by atoms with E-state index < -0.39 is 33.3 Å². The van der Waals surface area contributed by atoms with E-state index in [0.29, 0.717) is 12.3 Å². The molecule has 0 saturated carbocycles. The molecule has 0 spiro atoms. The van der Waals surface area contributed by atoms with Crippen molar-refractivity contribution in [2.24, 2.45) is 0 Å². The molecule has 1 amide bonds. The second kappa shape index (κ2) is 8.89. The van der Waals surface area contributed by atoms with E-state index in [1.54, 1.807) is 0 Å². The number of halogens is 5. The third-order valence-electron chi connectivity index (χ3n) is 3.96. The number of amides is 1. The summed E-state index contributed by atoms with van der Waals surface area (Å²) in [5.41, 5.74) is -1.50. The number of benzene rings is 2. The lowest BCUT2D eigenvalue weighted by molar-refractivity contribution is -0.384. The molecular weight excluding hydrogens is 478 g/mol. The van der Waals surface area contributed by atoms with Gasteiger partial charge < -0.3 is 15.2 Å². The van der Waals surface area contributed by atoms with Gasteiger partial charge in [0.2, 0.25) is 5.88 Å². The summed E-state index contributed by atoms with van der Waals surface area (Å²) in [6, 6.07) is 7.54. The number of non-ortho nitro benzene ring substituents is 1. The van der Waals surface area contributed by atoms with Gasteiger partial charge in [-0.05, 0) is 24.3 Å². The Morgan fingerprint density at radius 2 is 1.84 bits per heavy atom. The van der Waals surface area contributed by atoms with Crippen molar-refractivity contribution in [3.8, 4) is 17.4 Å². The molecule has 0 aliphatic rings. The summed E-state index contributed by atoms with van der Waals surface area (Å²) >= 11 is 11.7. The number of carbonyl (C=O) groups is 1. The van der Waals surface area contributed by atoms with E-state index in [0.717, 1.165) is 18.2 Å². The summed E-state index contributed by atoms with van der Waals surface area (Å²) in [4.78, 5) is 26.1. The Labute approximate surface area is 187 Å². The lowest BCUT2D eigenvalue weighted by atomic mass is 10.1. The molecular formula is C19H10Cl2F3N3O5. The molecule has 3 rings (SSSR count). The Balaban J connectivity index is 1.78. The zero-order valence-corrected chi connectivity index (χ0v) is 17.0. The van der Waals surface area contributed by atoms with Gasteiger partial charge in [0, 0.05) is 30.1 Å². The average Bonchev–Trinajstić information content (AvgIpc) is 2.70. The summed E-state index contributed by atoms with van der Waals surface area (Å²) < 4.78 is 43.3. The van der Waals surface area contributed by atoms with Gasteiger partial charge in [0.1, 0.15) is 5.02 Å². The fraction of sp³-hybridized carbons (Fsp3) is 0.0526. The minimum absolute atomic E-state index is 0.0275. The molecule has 2 N–H and O–H groups in total. The molecule has 166 valence electrons. The minimum atomic E-state index is -4.64. The molecule has 8 nitrogen and oxygen atoms in total. The number of aromatic nitrogens is 1. The number of nitro groups is 1. The maximum absolute atomic E-state index is 12.7. The smallest absolute Gasteiger partial charge is 0.417 e. The molecule has 1 heterocycles. The van der Waals surface area contributed by atoms with Crippen molar-refractivity contribution >= 4 is 40.5 Å². The lowest BCUT2D eigenvalue weighted by Crippen LogP contribution is -2.12. The first kappa shape index (κ1) is 23.1. The highest BCUT2D eigenvalue weighted by Crippen LogP contribution is 2.37. The number of alkyl halides is 3. The molecule has 0 aliphatic carbocycles. The van der Waals surface area contributed by atoms with Crippen molar-refractivity contribution in [1.29, 1.82) is 0 Å². The largest absolute Gasteiger partial charge is 0.504 e. The van der Waals surface area contributed by atoms with Gasteiger partial charge >= 0.3 is 6.18 Å². The van der Waals surface area contributed by atoms with Gasteiger partial charge in [0.05, 0.1) is 21.1 Å². The SMILES string of the molecule is O=C(Nc1ccc(Oc2ncc(C(F)(F)F)cc2Cl)c(O)c1)c1cc([N+](=O)[O-])ccc1Cl. The number of rotatable bonds is 5. The lowest BCUT2D eigenvalue weighted by Gasteiger charge is -2.12. The maximum Gasteiger partial charge on any atom is 0.417 e. The number of carbonyl (C=O) groups excluding carboxylic acids is 1. The van der Waals surface area contributed by atoms with Crippen LogP contribution in [-0.4, -0.2) is 20.9 Å². The highest BCUT2D eigenvalue weighted by atomic mass is 35.5. The zero-order chi connectivity index (χ0) is 23.6. The summed E-state index contributed by atoms with van der Waals surface area (Å²) in [6.45, 7) is 0. The fourth-order valence-electron chi connectivity index (χ4n) is 2.44. The second-order valence-corrected chi connectivity index (χ2v) is 6.98.